The first-order chi connectivity index (χ1) is 44.3. The standard InChI is InChI=1S/2C34H34FN5O5S.ClH/c2*35-29-17-27-31(40(24-7-8-24)21-28(33(27)41)34(42)43)18-32(29)39-15-13-38(14-16-39)20-22-5-9-25(10-6-22)46(44,45)37-12-11-23-19-36-30-4-2-1-3-26(23)30;/h2*1-6,9-10,17-19,21,24,36-37H,7-8,11-16,20H2,(H,42,43);1H. The fourth-order valence-electron chi connectivity index (χ4n) is 12.7. The summed E-state index contributed by atoms with van der Waals surface area (Å²) in [6.45, 7) is 6.76. The Balaban J connectivity index is 0.000000177. The maximum atomic E-state index is 15.3. The Labute approximate surface area is 540 Å². The molecule has 4 aromatic heterocycles. The Bertz CT molecular complexity index is 4540. The quantitative estimate of drug-likeness (QED) is 0.0416. The number of pyridine rings is 2. The minimum absolute atomic E-state index is 0. The van der Waals surface area contributed by atoms with Crippen LogP contribution in [-0.2, 0) is 46.0 Å². The van der Waals surface area contributed by atoms with Crippen molar-refractivity contribution in [3.63, 3.8) is 0 Å². The van der Waals surface area contributed by atoms with Gasteiger partial charge < -0.3 is 39.1 Å². The van der Waals surface area contributed by atoms with E-state index in [1.54, 1.807) is 36.4 Å². The number of para-hydroxylation sites is 2. The van der Waals surface area contributed by atoms with Crippen LogP contribution in [0.25, 0.3) is 43.6 Å². The number of carboxylic acid groups (broad SMARTS) is 2. The topological polar surface area (TPSA) is 255 Å². The molecule has 2 aliphatic heterocycles. The Morgan fingerprint density at radius 1 is 0.505 bits per heavy atom. The van der Waals surface area contributed by atoms with Gasteiger partial charge in [-0.15, -0.1) is 12.4 Å². The number of benzene rings is 6. The van der Waals surface area contributed by atoms with Gasteiger partial charge in [-0.3, -0.25) is 19.4 Å². The highest BCUT2D eigenvalue weighted by Gasteiger charge is 2.31. The summed E-state index contributed by atoms with van der Waals surface area (Å²) in [6, 6.07) is 35.6. The van der Waals surface area contributed by atoms with Crippen molar-refractivity contribution in [2.75, 3.05) is 75.2 Å². The molecule has 10 aromatic rings. The van der Waals surface area contributed by atoms with Gasteiger partial charge in [-0.2, -0.15) is 0 Å². The number of nitrogens with zero attached hydrogens (tertiary/aromatic N) is 6. The summed E-state index contributed by atoms with van der Waals surface area (Å²) in [5.74, 6) is -3.72. The number of fused-ring (bicyclic) bond motifs is 4. The first kappa shape index (κ1) is 64.4. The molecule has 6 aromatic carbocycles. The molecule has 6 N–H and O–H groups in total. The van der Waals surface area contributed by atoms with Gasteiger partial charge in [0.15, 0.2) is 0 Å². The minimum Gasteiger partial charge on any atom is -0.477 e. The Morgan fingerprint density at radius 2 is 0.871 bits per heavy atom. The molecular weight excluding hydrogens is 1250 g/mol. The number of halogens is 3. The summed E-state index contributed by atoms with van der Waals surface area (Å²) in [5.41, 5.74) is 6.00. The summed E-state index contributed by atoms with van der Waals surface area (Å²) in [5, 5.41) is 21.3. The first-order valence-corrected chi connectivity index (χ1v) is 33.8. The van der Waals surface area contributed by atoms with Gasteiger partial charge >= 0.3 is 11.9 Å². The van der Waals surface area contributed by atoms with E-state index in [0.717, 1.165) is 69.7 Å². The molecule has 6 heterocycles. The molecule has 0 radical (unpaired) electrons. The number of rotatable bonds is 20. The van der Waals surface area contributed by atoms with Crippen LogP contribution in [0.5, 0.6) is 0 Å². The van der Waals surface area contributed by atoms with Crippen LogP contribution in [0.15, 0.2) is 165 Å². The molecule has 20 nitrogen and oxygen atoms in total. The summed E-state index contributed by atoms with van der Waals surface area (Å²) in [4.78, 5) is 64.1. The Hall–Kier alpha value is -8.75. The van der Waals surface area contributed by atoms with E-state index >= 15 is 8.78 Å². The smallest absolute Gasteiger partial charge is 0.341 e. The summed E-state index contributed by atoms with van der Waals surface area (Å²) >= 11 is 0. The molecule has 0 atom stereocenters. The predicted octanol–water partition coefficient (Wildman–Crippen LogP) is 9.42. The van der Waals surface area contributed by atoms with Gasteiger partial charge in [0.05, 0.1) is 32.2 Å². The van der Waals surface area contributed by atoms with Crippen molar-refractivity contribution in [3.8, 4) is 0 Å². The van der Waals surface area contributed by atoms with Crippen molar-refractivity contribution < 1.29 is 45.4 Å². The van der Waals surface area contributed by atoms with Gasteiger partial charge in [0.2, 0.25) is 30.9 Å². The molecule has 4 fully saturated rings. The molecule has 14 rings (SSSR count). The molecule has 484 valence electrons. The predicted molar refractivity (Wildman–Crippen MR) is 356 cm³/mol. The number of carbonyl (C=O) groups is 2. The van der Waals surface area contributed by atoms with Gasteiger partial charge in [-0.25, -0.2) is 44.6 Å². The molecule has 4 aliphatic rings. The van der Waals surface area contributed by atoms with Crippen LogP contribution < -0.4 is 30.1 Å². The number of carboxylic acids is 2. The van der Waals surface area contributed by atoms with Gasteiger partial charge in [-0.1, -0.05) is 60.7 Å². The molecule has 0 spiro atoms. The second kappa shape index (κ2) is 26.7. The number of aromatic nitrogens is 4. The van der Waals surface area contributed by atoms with Crippen LogP contribution in [0, 0.1) is 11.6 Å². The third-order valence-electron chi connectivity index (χ3n) is 18.0. The van der Waals surface area contributed by atoms with Crippen molar-refractivity contribution in [2.45, 2.75) is 73.5 Å². The number of sulfonamides is 2. The highest BCUT2D eigenvalue weighted by atomic mass is 35.5. The van der Waals surface area contributed by atoms with Crippen LogP contribution in [0.1, 0.15) is 80.7 Å². The molecule has 2 aliphatic carbocycles. The second-order valence-electron chi connectivity index (χ2n) is 24.1. The maximum Gasteiger partial charge on any atom is 0.341 e. The Kier molecular flexibility index (Phi) is 18.5. The molecule has 0 bridgehead atoms. The van der Waals surface area contributed by atoms with E-state index < -0.39 is 54.5 Å². The van der Waals surface area contributed by atoms with Crippen molar-refractivity contribution in [3.05, 3.63) is 212 Å². The molecule has 0 amide bonds. The van der Waals surface area contributed by atoms with E-state index in [-0.39, 0.29) is 69.3 Å². The SMILES string of the molecule is Cl.O=C(O)c1cn(C2CC2)c2cc(N3CCN(Cc4ccc(S(=O)(=O)NCCc5c[nH]c6ccccc56)cc4)CC3)c(F)cc2c1=O.O=C(O)c1cn(C2CC2)c2cc(N3CCN(Cc4ccc(S(=O)(=O)NCCc5c[nH]c6ccccc56)cc4)CC3)c(F)cc2c1=O. The molecule has 0 unspecified atom stereocenters. The maximum absolute atomic E-state index is 15.3. The molecular formula is C68H69ClF2N10O10S2. The highest BCUT2D eigenvalue weighted by Crippen LogP contribution is 2.40. The van der Waals surface area contributed by atoms with E-state index in [1.165, 1.54) is 24.5 Å². The minimum atomic E-state index is -3.65. The largest absolute Gasteiger partial charge is 0.477 e. The van der Waals surface area contributed by atoms with Gasteiger partial charge in [0.25, 0.3) is 0 Å². The van der Waals surface area contributed by atoms with E-state index in [4.69, 9.17) is 0 Å². The van der Waals surface area contributed by atoms with Crippen LogP contribution in [0.4, 0.5) is 20.2 Å². The van der Waals surface area contributed by atoms with Crippen molar-refractivity contribution in [1.82, 2.24) is 38.3 Å². The number of aromatic carboxylic acids is 2. The highest BCUT2D eigenvalue weighted by molar-refractivity contribution is 7.89. The molecule has 2 saturated carbocycles. The van der Waals surface area contributed by atoms with E-state index in [9.17, 15) is 46.2 Å². The number of hydrogen-bond donors (Lipinski definition) is 6. The lowest BCUT2D eigenvalue weighted by molar-refractivity contribution is 0.0684. The number of piperazine rings is 2. The zero-order chi connectivity index (χ0) is 64.0. The Morgan fingerprint density at radius 3 is 1.23 bits per heavy atom. The van der Waals surface area contributed by atoms with Crippen LogP contribution in [0.3, 0.4) is 0 Å². The second-order valence-corrected chi connectivity index (χ2v) is 27.6. The lowest BCUT2D eigenvalue weighted by atomic mass is 10.1. The monoisotopic (exact) mass is 1320 g/mol. The number of nitrogens with one attached hydrogen (secondary N) is 4. The van der Waals surface area contributed by atoms with E-state index in [2.05, 4.69) is 29.2 Å². The van der Waals surface area contributed by atoms with E-state index in [0.29, 0.717) is 101 Å². The van der Waals surface area contributed by atoms with Crippen LogP contribution in [0.2, 0.25) is 0 Å². The number of aromatic amines is 2. The average Bonchev–Trinajstić information content (AvgIpc) is 0.884. The third kappa shape index (κ3) is 13.8. The zero-order valence-electron chi connectivity index (χ0n) is 50.6. The average molecular weight is 1320 g/mol. The van der Waals surface area contributed by atoms with Gasteiger partial charge in [-0.05, 0) is 121 Å². The van der Waals surface area contributed by atoms with Crippen LogP contribution in [-0.4, -0.2) is 133 Å². The first-order valence-electron chi connectivity index (χ1n) is 30.8. The molecule has 2 saturated heterocycles. The van der Waals surface area contributed by atoms with Crippen molar-refractivity contribution in [1.29, 1.82) is 0 Å². The summed E-state index contributed by atoms with van der Waals surface area (Å²) in [7, 11) is -7.31. The normalized spacial score (nSPS) is 15.8. The van der Waals surface area contributed by atoms with Crippen molar-refractivity contribution in [2.24, 2.45) is 0 Å². The lowest BCUT2D eigenvalue weighted by Gasteiger charge is -2.36. The molecule has 25 heteroatoms. The summed E-state index contributed by atoms with van der Waals surface area (Å²) in [6.07, 6.45) is 11.3. The van der Waals surface area contributed by atoms with Gasteiger partial charge in [0, 0.05) is 148 Å². The number of anilines is 2. The lowest BCUT2D eigenvalue weighted by Crippen LogP contribution is -2.46. The van der Waals surface area contributed by atoms with Crippen molar-refractivity contribution >= 4 is 99.4 Å². The van der Waals surface area contributed by atoms with Crippen LogP contribution >= 0.6 is 12.4 Å². The number of H-pyrrole nitrogens is 2. The molecule has 93 heavy (non-hydrogen) atoms. The van der Waals surface area contributed by atoms with E-state index in [1.807, 2.05) is 104 Å². The third-order valence-corrected chi connectivity index (χ3v) is 20.9. The fourth-order valence-corrected chi connectivity index (χ4v) is 14.7. The van der Waals surface area contributed by atoms with Gasteiger partial charge in [0.1, 0.15) is 22.8 Å². The zero-order valence-corrected chi connectivity index (χ0v) is 53.0. The summed E-state index contributed by atoms with van der Waals surface area (Å²) < 4.78 is 91.4. The number of hydrogen-bond acceptors (Lipinski definition) is 12. The fraction of sp³-hybridized carbons (Fsp3) is 0.294.